The summed E-state index contributed by atoms with van der Waals surface area (Å²) in [4.78, 5) is 28.4. The fraction of sp³-hybridized carbons (Fsp3) is 0.667. The van der Waals surface area contributed by atoms with Crippen LogP contribution in [0.2, 0.25) is 0 Å². The Balaban J connectivity index is 1.27. The normalized spacial score (nSPS) is 34.2. The third-order valence-corrected chi connectivity index (χ3v) is 8.02. The van der Waals surface area contributed by atoms with E-state index in [1.807, 2.05) is 0 Å². The Morgan fingerprint density at radius 1 is 1.35 bits per heavy atom. The molecule has 5 aliphatic rings. The first-order valence-corrected chi connectivity index (χ1v) is 11.7. The maximum absolute atomic E-state index is 13.1. The van der Waals surface area contributed by atoms with E-state index in [1.165, 1.54) is 6.42 Å². The van der Waals surface area contributed by atoms with Crippen molar-refractivity contribution in [1.29, 1.82) is 0 Å². The van der Waals surface area contributed by atoms with Gasteiger partial charge in [0.1, 0.15) is 11.5 Å². The van der Waals surface area contributed by atoms with Crippen molar-refractivity contribution in [1.82, 2.24) is 15.5 Å². The second-order valence-electron chi connectivity index (χ2n) is 9.56. The highest BCUT2D eigenvalue weighted by atomic mass is 16.5. The minimum Gasteiger partial charge on any atom is -0.497 e. The predicted molar refractivity (Wildman–Crippen MR) is 116 cm³/mol. The van der Waals surface area contributed by atoms with E-state index >= 15 is 0 Å². The van der Waals surface area contributed by atoms with E-state index < -0.39 is 5.72 Å². The summed E-state index contributed by atoms with van der Waals surface area (Å²) in [5.74, 6) is 1.70. The molecule has 3 saturated carbocycles. The first kappa shape index (κ1) is 20.6. The molecule has 6 rings (SSSR count). The summed E-state index contributed by atoms with van der Waals surface area (Å²) >= 11 is 0. The van der Waals surface area contributed by atoms with Crippen molar-refractivity contribution >= 4 is 11.8 Å². The van der Waals surface area contributed by atoms with Crippen LogP contribution in [0.4, 0.5) is 0 Å². The smallest absolute Gasteiger partial charge is 0.258 e. The van der Waals surface area contributed by atoms with Crippen LogP contribution in [0, 0.1) is 17.8 Å². The van der Waals surface area contributed by atoms with E-state index in [1.54, 1.807) is 25.3 Å². The SMILES string of the molecule is CCN1CCCC1CNC(=O)C1CC2CCC1CC21NC(=O)c2ccc(OC)cc2O1. The molecule has 2 heterocycles. The van der Waals surface area contributed by atoms with Crippen LogP contribution in [-0.2, 0) is 4.79 Å². The molecule has 2 bridgehead atoms. The van der Waals surface area contributed by atoms with Crippen molar-refractivity contribution in [2.75, 3.05) is 26.7 Å². The highest BCUT2D eigenvalue weighted by Gasteiger charge is 2.57. The number of fused-ring (bicyclic) bond motifs is 3. The highest BCUT2D eigenvalue weighted by Crippen LogP contribution is 2.52. The number of nitrogens with one attached hydrogen (secondary N) is 2. The zero-order chi connectivity index (χ0) is 21.6. The molecule has 31 heavy (non-hydrogen) atoms. The van der Waals surface area contributed by atoms with Crippen LogP contribution in [-0.4, -0.2) is 55.2 Å². The summed E-state index contributed by atoms with van der Waals surface area (Å²) in [5, 5.41) is 6.42. The second-order valence-corrected chi connectivity index (χ2v) is 9.56. The summed E-state index contributed by atoms with van der Waals surface area (Å²) in [6.07, 6.45) is 5.81. The predicted octanol–water partition coefficient (Wildman–Crippen LogP) is 2.55. The number of methoxy groups -OCH3 is 1. The maximum Gasteiger partial charge on any atom is 0.258 e. The lowest BCUT2D eigenvalue weighted by molar-refractivity contribution is -0.146. The van der Waals surface area contributed by atoms with Crippen LogP contribution >= 0.6 is 0 Å². The van der Waals surface area contributed by atoms with Crippen LogP contribution in [0.5, 0.6) is 11.5 Å². The summed E-state index contributed by atoms with van der Waals surface area (Å²) in [7, 11) is 1.61. The van der Waals surface area contributed by atoms with Crippen molar-refractivity contribution in [2.24, 2.45) is 17.8 Å². The molecular formula is C24H33N3O4. The molecule has 4 fully saturated rings. The molecule has 2 aliphatic heterocycles. The van der Waals surface area contributed by atoms with E-state index in [0.29, 0.717) is 29.5 Å². The number of hydrogen-bond donors (Lipinski definition) is 2. The molecule has 5 atom stereocenters. The van der Waals surface area contributed by atoms with E-state index in [4.69, 9.17) is 9.47 Å². The van der Waals surface area contributed by atoms with Gasteiger partial charge < -0.3 is 20.1 Å². The number of nitrogens with zero attached hydrogens (tertiary/aromatic N) is 1. The number of carbonyl (C=O) groups excluding carboxylic acids is 2. The average molecular weight is 428 g/mol. The molecule has 168 valence electrons. The Hall–Kier alpha value is -2.28. The van der Waals surface area contributed by atoms with E-state index in [0.717, 1.165) is 45.3 Å². The first-order valence-electron chi connectivity index (χ1n) is 11.7. The van der Waals surface area contributed by atoms with Gasteiger partial charge in [-0.1, -0.05) is 6.92 Å². The molecule has 1 aromatic carbocycles. The molecule has 1 aromatic rings. The fourth-order valence-electron chi connectivity index (χ4n) is 6.33. The minimum absolute atomic E-state index is 0.00747. The summed E-state index contributed by atoms with van der Waals surface area (Å²) < 4.78 is 11.8. The van der Waals surface area contributed by atoms with Crippen molar-refractivity contribution < 1.29 is 19.1 Å². The van der Waals surface area contributed by atoms with Gasteiger partial charge in [-0.25, -0.2) is 0 Å². The molecule has 3 aliphatic carbocycles. The monoisotopic (exact) mass is 427 g/mol. The summed E-state index contributed by atoms with van der Waals surface area (Å²) in [5.41, 5.74) is -0.167. The van der Waals surface area contributed by atoms with E-state index in [9.17, 15) is 9.59 Å². The summed E-state index contributed by atoms with van der Waals surface area (Å²) in [6, 6.07) is 5.78. The standard InChI is InChI=1S/C24H33N3O4/c1-3-27-10-4-5-17(27)14-25-22(28)20-11-16-7-6-15(20)13-24(16)26-23(29)19-9-8-18(30-2)12-21(19)31-24/h8-9,12,15-17,20H,3-7,10-11,13-14H2,1-2H3,(H,25,28)(H,26,29). The van der Waals surface area contributed by atoms with Gasteiger partial charge in [-0.05, 0) is 63.2 Å². The maximum atomic E-state index is 13.1. The third-order valence-electron chi connectivity index (χ3n) is 8.02. The Morgan fingerprint density at radius 2 is 2.23 bits per heavy atom. The number of amides is 2. The van der Waals surface area contributed by atoms with E-state index in [2.05, 4.69) is 22.5 Å². The van der Waals surface area contributed by atoms with Gasteiger partial charge in [0.05, 0.1) is 12.7 Å². The van der Waals surface area contributed by atoms with Gasteiger partial charge in [0.15, 0.2) is 5.72 Å². The molecular weight excluding hydrogens is 394 g/mol. The molecule has 7 heteroatoms. The fourth-order valence-corrected chi connectivity index (χ4v) is 6.33. The van der Waals surface area contributed by atoms with Crippen molar-refractivity contribution in [3.8, 4) is 11.5 Å². The Kier molecular flexibility index (Phi) is 5.32. The van der Waals surface area contributed by atoms with Gasteiger partial charge in [0.25, 0.3) is 5.91 Å². The second kappa shape index (κ2) is 8.01. The van der Waals surface area contributed by atoms with Gasteiger partial charge in [-0.15, -0.1) is 0 Å². The molecule has 7 nitrogen and oxygen atoms in total. The topological polar surface area (TPSA) is 79.9 Å². The quantitative estimate of drug-likeness (QED) is 0.755. The molecule has 2 N–H and O–H groups in total. The zero-order valence-electron chi connectivity index (χ0n) is 18.5. The summed E-state index contributed by atoms with van der Waals surface area (Å²) in [6.45, 7) is 5.11. The van der Waals surface area contributed by atoms with Crippen LogP contribution in [0.15, 0.2) is 18.2 Å². The molecule has 0 radical (unpaired) electrons. The number of benzene rings is 1. The van der Waals surface area contributed by atoms with Gasteiger partial charge in [-0.2, -0.15) is 0 Å². The van der Waals surface area contributed by atoms with Gasteiger partial charge >= 0.3 is 0 Å². The Labute approximate surface area is 183 Å². The van der Waals surface area contributed by atoms with Crippen LogP contribution in [0.3, 0.4) is 0 Å². The molecule has 0 aromatic heterocycles. The Bertz CT molecular complexity index is 874. The van der Waals surface area contributed by atoms with Gasteiger partial charge in [0.2, 0.25) is 5.91 Å². The van der Waals surface area contributed by atoms with Crippen molar-refractivity contribution in [3.05, 3.63) is 23.8 Å². The van der Waals surface area contributed by atoms with Crippen molar-refractivity contribution in [2.45, 2.75) is 57.2 Å². The number of carbonyl (C=O) groups is 2. The lowest BCUT2D eigenvalue weighted by Gasteiger charge is -2.55. The number of likely N-dealkylation sites (N-methyl/N-ethyl adjacent to an activating group) is 1. The number of rotatable bonds is 5. The highest BCUT2D eigenvalue weighted by molar-refractivity contribution is 5.98. The largest absolute Gasteiger partial charge is 0.497 e. The lowest BCUT2D eigenvalue weighted by Crippen LogP contribution is -2.67. The van der Waals surface area contributed by atoms with Crippen LogP contribution in [0.25, 0.3) is 0 Å². The minimum atomic E-state index is -0.708. The van der Waals surface area contributed by atoms with Gasteiger partial charge in [-0.3, -0.25) is 14.5 Å². The molecule has 1 saturated heterocycles. The number of hydrogen-bond acceptors (Lipinski definition) is 5. The average Bonchev–Trinajstić information content (AvgIpc) is 3.25. The lowest BCUT2D eigenvalue weighted by atomic mass is 9.60. The number of likely N-dealkylation sites (tertiary alicyclic amines) is 1. The van der Waals surface area contributed by atoms with E-state index in [-0.39, 0.29) is 29.6 Å². The van der Waals surface area contributed by atoms with Crippen molar-refractivity contribution in [3.63, 3.8) is 0 Å². The number of ether oxygens (including phenoxy) is 2. The molecule has 1 spiro atoms. The first-order chi connectivity index (χ1) is 15.0. The molecule has 2 amide bonds. The van der Waals surface area contributed by atoms with Crippen LogP contribution < -0.4 is 20.1 Å². The Morgan fingerprint density at radius 3 is 2.97 bits per heavy atom. The van der Waals surface area contributed by atoms with Crippen LogP contribution in [0.1, 0.15) is 55.8 Å². The molecule has 5 unspecified atom stereocenters. The van der Waals surface area contributed by atoms with Gasteiger partial charge in [0, 0.05) is 36.9 Å². The third kappa shape index (κ3) is 3.56. The zero-order valence-corrected chi connectivity index (χ0v) is 18.5.